The summed E-state index contributed by atoms with van der Waals surface area (Å²) in [6, 6.07) is 11.3. The van der Waals surface area contributed by atoms with Crippen molar-refractivity contribution in [2.24, 2.45) is 0 Å². The van der Waals surface area contributed by atoms with E-state index in [4.69, 9.17) is 33.8 Å². The van der Waals surface area contributed by atoms with Gasteiger partial charge in [-0.3, -0.25) is 9.59 Å². The second-order valence-electron chi connectivity index (χ2n) is 8.97. The van der Waals surface area contributed by atoms with Crippen LogP contribution >= 0.6 is 0 Å². The van der Waals surface area contributed by atoms with Gasteiger partial charge in [0.05, 0.1) is 26.9 Å². The Morgan fingerprint density at radius 3 is 2.30 bits per heavy atom. The van der Waals surface area contributed by atoms with E-state index in [1.807, 2.05) is 12.1 Å². The van der Waals surface area contributed by atoms with Crippen molar-refractivity contribution in [2.75, 3.05) is 26.9 Å². The molecule has 3 N–H and O–H groups in total. The number of carbonyl (C=O) groups is 2. The fraction of sp³-hybridized carbons (Fsp3) is 0.500. The fourth-order valence-electron chi connectivity index (χ4n) is 4.29. The van der Waals surface area contributed by atoms with Crippen molar-refractivity contribution in [3.8, 4) is 17.2 Å². The molecule has 3 rings (SSSR count). The van der Waals surface area contributed by atoms with E-state index < -0.39 is 48.4 Å². The van der Waals surface area contributed by atoms with Gasteiger partial charge in [0, 0.05) is 13.3 Å². The standard InChI is InChI=1S/C28H36O12/c1-5-35-39-26-25(33)23(16-29)38-28(17(3)30,27(26)40-36-6-2)37-22-9-7-8-20(31)24(22)21(32)15-12-18-10-13-19(34-4)14-11-18/h7-11,13-14,23,25-27,29,31,33H,5-6,12,15-16H2,1-4H3/t23-,25-,26+,27-,28-/m1/s1. The molecule has 220 valence electrons. The van der Waals surface area contributed by atoms with Crippen LogP contribution in [0, 0.1) is 0 Å². The Hall–Kier alpha value is -3.10. The Balaban J connectivity index is 1.99. The lowest BCUT2D eigenvalue weighted by Gasteiger charge is -2.48. The number of hydrogen-bond acceptors (Lipinski definition) is 12. The Labute approximate surface area is 232 Å². The summed E-state index contributed by atoms with van der Waals surface area (Å²) in [6.07, 6.45) is -5.55. The van der Waals surface area contributed by atoms with Gasteiger partial charge in [-0.15, -0.1) is 0 Å². The molecule has 2 aromatic carbocycles. The highest BCUT2D eigenvalue weighted by Crippen LogP contribution is 2.40. The number of phenolic OH excluding ortho intramolecular Hbond substituents is 1. The van der Waals surface area contributed by atoms with Crippen molar-refractivity contribution in [1.82, 2.24) is 0 Å². The predicted octanol–water partition coefficient (Wildman–Crippen LogP) is 2.31. The minimum atomic E-state index is -2.39. The second kappa shape index (κ2) is 14.5. The molecule has 0 saturated carbocycles. The van der Waals surface area contributed by atoms with E-state index in [2.05, 4.69) is 0 Å². The summed E-state index contributed by atoms with van der Waals surface area (Å²) in [5.41, 5.74) is 0.674. The first-order chi connectivity index (χ1) is 19.2. The highest BCUT2D eigenvalue weighted by atomic mass is 17.2. The lowest BCUT2D eigenvalue weighted by molar-refractivity contribution is -0.456. The van der Waals surface area contributed by atoms with Gasteiger partial charge in [0.15, 0.2) is 18.0 Å². The average molecular weight is 565 g/mol. The molecule has 0 bridgehead atoms. The van der Waals surface area contributed by atoms with E-state index in [0.717, 1.165) is 12.5 Å². The lowest BCUT2D eigenvalue weighted by Crippen LogP contribution is -2.71. The molecule has 2 aromatic rings. The van der Waals surface area contributed by atoms with Crippen LogP contribution in [0.1, 0.15) is 43.1 Å². The van der Waals surface area contributed by atoms with E-state index in [-0.39, 0.29) is 36.7 Å². The molecule has 1 aliphatic rings. The summed E-state index contributed by atoms with van der Waals surface area (Å²) in [4.78, 5) is 47.5. The Morgan fingerprint density at radius 1 is 1.02 bits per heavy atom. The molecule has 1 saturated heterocycles. The van der Waals surface area contributed by atoms with E-state index >= 15 is 0 Å². The molecule has 1 aliphatic heterocycles. The zero-order chi connectivity index (χ0) is 29.3. The highest BCUT2D eigenvalue weighted by molar-refractivity contribution is 6.01. The molecule has 5 atom stereocenters. The Kier molecular flexibility index (Phi) is 11.4. The molecule has 0 spiro atoms. The van der Waals surface area contributed by atoms with Gasteiger partial charge in [-0.25, -0.2) is 19.6 Å². The fourth-order valence-corrected chi connectivity index (χ4v) is 4.29. The van der Waals surface area contributed by atoms with Crippen LogP contribution in [-0.4, -0.2) is 84.0 Å². The molecule has 1 heterocycles. The molecule has 0 aromatic heterocycles. The third-order valence-electron chi connectivity index (χ3n) is 6.32. The normalized spacial score (nSPS) is 24.4. The van der Waals surface area contributed by atoms with Gasteiger partial charge < -0.3 is 29.5 Å². The van der Waals surface area contributed by atoms with Crippen molar-refractivity contribution in [1.29, 1.82) is 0 Å². The summed E-state index contributed by atoms with van der Waals surface area (Å²) >= 11 is 0. The maximum Gasteiger partial charge on any atom is 0.303 e. The number of aryl methyl sites for hydroxylation is 1. The number of carbonyl (C=O) groups excluding carboxylic acids is 2. The maximum absolute atomic E-state index is 13.4. The van der Waals surface area contributed by atoms with Crippen LogP contribution in [0.25, 0.3) is 0 Å². The van der Waals surface area contributed by atoms with Gasteiger partial charge in [-0.05, 0) is 50.1 Å². The highest BCUT2D eigenvalue weighted by Gasteiger charge is 2.62. The summed E-state index contributed by atoms with van der Waals surface area (Å²) in [7, 11) is 1.56. The van der Waals surface area contributed by atoms with E-state index in [1.165, 1.54) is 18.2 Å². The number of methoxy groups -OCH3 is 1. The van der Waals surface area contributed by atoms with Crippen molar-refractivity contribution in [3.05, 3.63) is 53.6 Å². The largest absolute Gasteiger partial charge is 0.507 e. The predicted molar refractivity (Wildman–Crippen MR) is 139 cm³/mol. The van der Waals surface area contributed by atoms with Crippen molar-refractivity contribution in [3.63, 3.8) is 0 Å². The van der Waals surface area contributed by atoms with Crippen molar-refractivity contribution >= 4 is 11.6 Å². The molecule has 0 aliphatic carbocycles. The van der Waals surface area contributed by atoms with Crippen molar-refractivity contribution in [2.45, 2.75) is 63.8 Å². The van der Waals surface area contributed by atoms with Gasteiger partial charge in [0.1, 0.15) is 35.0 Å². The van der Waals surface area contributed by atoms with Crippen LogP contribution in [0.3, 0.4) is 0 Å². The average Bonchev–Trinajstić information content (AvgIpc) is 2.95. The SMILES string of the molecule is CCOO[C@H]1[C@H](O)[C@@H](CO)O[C@](Oc2cccc(O)c2C(=O)CCc2ccc(OC)cc2)(C(C)=O)[C@@H]1OOCC. The quantitative estimate of drug-likeness (QED) is 0.165. The minimum Gasteiger partial charge on any atom is -0.507 e. The Bertz CT molecular complexity index is 1120. The van der Waals surface area contributed by atoms with E-state index in [1.54, 1.807) is 33.1 Å². The number of aliphatic hydroxyl groups excluding tert-OH is 2. The third kappa shape index (κ3) is 6.96. The van der Waals surface area contributed by atoms with Gasteiger partial charge in [-0.2, -0.15) is 0 Å². The van der Waals surface area contributed by atoms with Gasteiger partial charge in [0.25, 0.3) is 0 Å². The number of rotatable bonds is 15. The van der Waals surface area contributed by atoms with Crippen LogP contribution in [-0.2, 0) is 35.5 Å². The number of Topliss-reactive ketones (excluding diaryl/α,β-unsaturated/α-hetero) is 2. The smallest absolute Gasteiger partial charge is 0.303 e. The number of benzene rings is 2. The monoisotopic (exact) mass is 564 g/mol. The summed E-state index contributed by atoms with van der Waals surface area (Å²) in [5.74, 6) is -3.51. The molecule has 0 unspecified atom stereocenters. The van der Waals surface area contributed by atoms with Gasteiger partial charge in [0.2, 0.25) is 5.78 Å². The zero-order valence-electron chi connectivity index (χ0n) is 22.9. The second-order valence-corrected chi connectivity index (χ2v) is 8.97. The first kappa shape index (κ1) is 31.4. The topological polar surface area (TPSA) is 159 Å². The third-order valence-corrected chi connectivity index (χ3v) is 6.32. The molecule has 40 heavy (non-hydrogen) atoms. The minimum absolute atomic E-state index is 0.00111. The van der Waals surface area contributed by atoms with Crippen molar-refractivity contribution < 1.29 is 58.7 Å². The molecular weight excluding hydrogens is 528 g/mol. The van der Waals surface area contributed by atoms with Crippen LogP contribution in [0.5, 0.6) is 17.2 Å². The molecule has 0 radical (unpaired) electrons. The molecule has 0 amide bonds. The van der Waals surface area contributed by atoms with Crippen LogP contribution in [0.2, 0.25) is 0 Å². The van der Waals surface area contributed by atoms with Gasteiger partial charge >= 0.3 is 5.79 Å². The van der Waals surface area contributed by atoms with E-state index in [9.17, 15) is 24.9 Å². The van der Waals surface area contributed by atoms with E-state index in [0.29, 0.717) is 12.2 Å². The van der Waals surface area contributed by atoms with Gasteiger partial charge in [-0.1, -0.05) is 18.2 Å². The van der Waals surface area contributed by atoms with Crippen LogP contribution in [0.15, 0.2) is 42.5 Å². The molecular formula is C28H36O12. The number of ether oxygens (including phenoxy) is 3. The molecule has 1 fully saturated rings. The van der Waals surface area contributed by atoms with Crippen LogP contribution < -0.4 is 9.47 Å². The first-order valence-corrected chi connectivity index (χ1v) is 12.9. The summed E-state index contributed by atoms with van der Waals surface area (Å²) < 4.78 is 17.1. The maximum atomic E-state index is 13.4. The number of aromatic hydroxyl groups is 1. The Morgan fingerprint density at radius 2 is 1.70 bits per heavy atom. The number of hydrogen-bond donors (Lipinski definition) is 3. The first-order valence-electron chi connectivity index (χ1n) is 12.9. The molecule has 12 nitrogen and oxygen atoms in total. The van der Waals surface area contributed by atoms with Crippen LogP contribution in [0.4, 0.5) is 0 Å². The summed E-state index contributed by atoms with van der Waals surface area (Å²) in [5, 5.41) is 31.4. The molecule has 12 heteroatoms. The number of phenols is 1. The summed E-state index contributed by atoms with van der Waals surface area (Å²) in [6.45, 7) is 3.81. The lowest BCUT2D eigenvalue weighted by atomic mass is 9.90. The number of aliphatic hydroxyl groups is 2. The number of ketones is 2. The zero-order valence-corrected chi connectivity index (χ0v) is 22.9.